The molecule has 0 saturated heterocycles. The van der Waals surface area contributed by atoms with E-state index in [1.54, 1.807) is 36.4 Å². The van der Waals surface area contributed by atoms with Crippen molar-refractivity contribution in [3.63, 3.8) is 0 Å². The van der Waals surface area contributed by atoms with Crippen molar-refractivity contribution in [1.82, 2.24) is 0 Å². The second kappa shape index (κ2) is 5.94. The van der Waals surface area contributed by atoms with E-state index in [4.69, 9.17) is 14.2 Å². The zero-order valence-electron chi connectivity index (χ0n) is 14.4. The molecular weight excluding hydrogens is 336 g/mol. The van der Waals surface area contributed by atoms with Crippen LogP contribution >= 0.6 is 0 Å². The van der Waals surface area contributed by atoms with Gasteiger partial charge in [0.25, 0.3) is 5.91 Å². The molecule has 2 heterocycles. The second-order valence-electron chi connectivity index (χ2n) is 6.86. The Kier molecular flexibility index (Phi) is 3.72. The van der Waals surface area contributed by atoms with E-state index in [1.807, 2.05) is 13.8 Å². The van der Waals surface area contributed by atoms with Gasteiger partial charge in [-0.3, -0.25) is 9.59 Å². The lowest BCUT2D eigenvalue weighted by Crippen LogP contribution is -2.33. The summed E-state index contributed by atoms with van der Waals surface area (Å²) in [6, 6.07) is 10.1. The molecule has 0 aromatic heterocycles. The molecule has 0 aliphatic carbocycles. The van der Waals surface area contributed by atoms with Gasteiger partial charge in [-0.2, -0.15) is 0 Å². The van der Waals surface area contributed by atoms with Crippen molar-refractivity contribution in [3.05, 3.63) is 42.0 Å². The van der Waals surface area contributed by atoms with Crippen LogP contribution in [0.1, 0.15) is 24.2 Å². The first kappa shape index (κ1) is 16.3. The van der Waals surface area contributed by atoms with Crippen molar-refractivity contribution in [3.8, 4) is 17.2 Å². The van der Waals surface area contributed by atoms with E-state index in [2.05, 4.69) is 10.6 Å². The summed E-state index contributed by atoms with van der Waals surface area (Å²) in [5.41, 5.74) is 0.983. The number of fused-ring (bicyclic) bond motifs is 2. The van der Waals surface area contributed by atoms with Crippen molar-refractivity contribution >= 4 is 23.2 Å². The van der Waals surface area contributed by atoms with Gasteiger partial charge >= 0.3 is 0 Å². The topological polar surface area (TPSA) is 85.9 Å². The van der Waals surface area contributed by atoms with Gasteiger partial charge in [-0.05, 0) is 44.2 Å². The van der Waals surface area contributed by atoms with E-state index < -0.39 is 5.41 Å². The van der Waals surface area contributed by atoms with E-state index >= 15 is 0 Å². The Labute approximate surface area is 150 Å². The smallest absolute Gasteiger partial charge is 0.255 e. The predicted octanol–water partition coefficient (Wildman–Crippen LogP) is 3.02. The van der Waals surface area contributed by atoms with E-state index in [0.717, 1.165) is 0 Å². The minimum Gasteiger partial charge on any atom is -0.490 e. The summed E-state index contributed by atoms with van der Waals surface area (Å²) in [5, 5.41) is 5.67. The summed E-state index contributed by atoms with van der Waals surface area (Å²) in [5.74, 6) is 1.31. The zero-order valence-corrected chi connectivity index (χ0v) is 14.4. The van der Waals surface area contributed by atoms with Crippen molar-refractivity contribution < 1.29 is 23.8 Å². The van der Waals surface area contributed by atoms with E-state index in [9.17, 15) is 9.59 Å². The van der Waals surface area contributed by atoms with Gasteiger partial charge < -0.3 is 24.8 Å². The molecule has 2 aliphatic rings. The maximum absolute atomic E-state index is 12.5. The Hall–Kier alpha value is -3.22. The quantitative estimate of drug-likeness (QED) is 0.866. The Morgan fingerprint density at radius 1 is 1.04 bits per heavy atom. The highest BCUT2D eigenvalue weighted by Crippen LogP contribution is 2.35. The van der Waals surface area contributed by atoms with E-state index in [0.29, 0.717) is 34.2 Å². The molecule has 2 N–H and O–H groups in total. The van der Waals surface area contributed by atoms with Crippen LogP contribution in [0.25, 0.3) is 0 Å². The normalized spacial score (nSPS) is 16.8. The summed E-state index contributed by atoms with van der Waals surface area (Å²) in [6.07, 6.45) is 0. The fourth-order valence-corrected chi connectivity index (χ4v) is 2.68. The van der Waals surface area contributed by atoms with Crippen LogP contribution in [-0.4, -0.2) is 25.2 Å². The van der Waals surface area contributed by atoms with Crippen LogP contribution in [0.4, 0.5) is 11.4 Å². The molecule has 0 radical (unpaired) electrons. The molecule has 2 amide bonds. The summed E-state index contributed by atoms with van der Waals surface area (Å²) in [7, 11) is 0. The highest BCUT2D eigenvalue weighted by molar-refractivity contribution is 6.05. The van der Waals surface area contributed by atoms with Gasteiger partial charge in [-0.25, -0.2) is 0 Å². The molecule has 0 spiro atoms. The lowest BCUT2D eigenvalue weighted by Gasteiger charge is -2.18. The monoisotopic (exact) mass is 354 g/mol. The molecule has 0 atom stereocenters. The van der Waals surface area contributed by atoms with Gasteiger partial charge in [0.2, 0.25) is 12.7 Å². The lowest BCUT2D eigenvalue weighted by atomic mass is 9.94. The first-order valence-corrected chi connectivity index (χ1v) is 8.22. The van der Waals surface area contributed by atoms with Gasteiger partial charge in [-0.1, -0.05) is 0 Å². The number of benzene rings is 2. The third-order valence-corrected chi connectivity index (χ3v) is 4.33. The molecule has 2 aromatic carbocycles. The Morgan fingerprint density at radius 3 is 2.69 bits per heavy atom. The van der Waals surface area contributed by atoms with Crippen molar-refractivity contribution in [2.45, 2.75) is 13.8 Å². The summed E-state index contributed by atoms with van der Waals surface area (Å²) in [6.45, 7) is 4.04. The number of carbonyl (C=O) groups is 2. The predicted molar refractivity (Wildman–Crippen MR) is 94.9 cm³/mol. The standard InChI is InChI=1S/C19H18N2O5/c1-19(2)9-24-15-8-12(4-5-13(15)21-18(19)23)20-17(22)11-3-6-14-16(7-11)26-10-25-14/h3-8H,9-10H2,1-2H3,(H,20,22)(H,21,23). The van der Waals surface area contributed by atoms with Gasteiger partial charge in [0, 0.05) is 17.3 Å². The first-order valence-electron chi connectivity index (χ1n) is 8.22. The molecule has 134 valence electrons. The van der Waals surface area contributed by atoms with Crippen molar-refractivity contribution in [2.75, 3.05) is 24.0 Å². The first-order chi connectivity index (χ1) is 12.4. The van der Waals surface area contributed by atoms with Crippen LogP contribution in [0.15, 0.2) is 36.4 Å². The number of hydrogen-bond donors (Lipinski definition) is 2. The van der Waals surface area contributed by atoms with Gasteiger partial charge in [-0.15, -0.1) is 0 Å². The number of rotatable bonds is 2. The minimum atomic E-state index is -0.630. The van der Waals surface area contributed by atoms with Crippen LogP contribution in [-0.2, 0) is 4.79 Å². The third-order valence-electron chi connectivity index (χ3n) is 4.33. The molecule has 2 aromatic rings. The SMILES string of the molecule is CC1(C)COc2cc(NC(=O)c3ccc4c(c3)OCO4)ccc2NC1=O. The zero-order chi connectivity index (χ0) is 18.3. The van der Waals surface area contributed by atoms with Crippen molar-refractivity contribution in [1.29, 1.82) is 0 Å². The second-order valence-corrected chi connectivity index (χ2v) is 6.86. The number of amides is 2. The largest absolute Gasteiger partial charge is 0.490 e. The molecule has 0 unspecified atom stereocenters. The maximum atomic E-state index is 12.5. The number of nitrogens with one attached hydrogen (secondary N) is 2. The average molecular weight is 354 g/mol. The Morgan fingerprint density at radius 2 is 1.85 bits per heavy atom. The minimum absolute atomic E-state index is 0.103. The number of ether oxygens (including phenoxy) is 3. The van der Waals surface area contributed by atoms with Gasteiger partial charge in [0.15, 0.2) is 11.5 Å². The summed E-state index contributed by atoms with van der Waals surface area (Å²) < 4.78 is 16.3. The highest BCUT2D eigenvalue weighted by atomic mass is 16.7. The Balaban J connectivity index is 1.54. The Bertz CT molecular complexity index is 907. The molecule has 4 rings (SSSR count). The van der Waals surface area contributed by atoms with Gasteiger partial charge in [0.05, 0.1) is 11.1 Å². The molecule has 2 aliphatic heterocycles. The van der Waals surface area contributed by atoms with Crippen LogP contribution in [0.5, 0.6) is 17.2 Å². The maximum Gasteiger partial charge on any atom is 0.255 e. The third kappa shape index (κ3) is 2.92. The summed E-state index contributed by atoms with van der Waals surface area (Å²) >= 11 is 0. The number of carbonyl (C=O) groups excluding carboxylic acids is 2. The van der Waals surface area contributed by atoms with E-state index in [-0.39, 0.29) is 25.2 Å². The molecule has 26 heavy (non-hydrogen) atoms. The molecule has 0 bridgehead atoms. The fraction of sp³-hybridized carbons (Fsp3) is 0.263. The van der Waals surface area contributed by atoms with Crippen LogP contribution in [0.3, 0.4) is 0 Å². The molecular formula is C19H18N2O5. The average Bonchev–Trinajstić information content (AvgIpc) is 3.05. The molecule has 7 nitrogen and oxygen atoms in total. The fourth-order valence-electron chi connectivity index (χ4n) is 2.68. The number of hydrogen-bond acceptors (Lipinski definition) is 5. The van der Waals surface area contributed by atoms with Crippen LogP contribution < -0.4 is 24.8 Å². The molecule has 7 heteroatoms. The summed E-state index contributed by atoms with van der Waals surface area (Å²) in [4.78, 5) is 24.6. The lowest BCUT2D eigenvalue weighted by molar-refractivity contribution is -0.124. The van der Waals surface area contributed by atoms with E-state index in [1.165, 1.54) is 0 Å². The number of anilines is 2. The van der Waals surface area contributed by atoms with Gasteiger partial charge in [0.1, 0.15) is 12.4 Å². The van der Waals surface area contributed by atoms with Crippen molar-refractivity contribution in [2.24, 2.45) is 5.41 Å². The molecule has 0 fully saturated rings. The highest BCUT2D eigenvalue weighted by Gasteiger charge is 2.32. The van der Waals surface area contributed by atoms with Crippen LogP contribution in [0.2, 0.25) is 0 Å². The molecule has 0 saturated carbocycles. The van der Waals surface area contributed by atoms with Crippen LogP contribution in [0, 0.1) is 5.41 Å².